The van der Waals surface area contributed by atoms with Gasteiger partial charge in [-0.25, -0.2) is 4.79 Å². The number of hydrogen-bond donors (Lipinski definition) is 3. The van der Waals surface area contributed by atoms with Gasteiger partial charge in [-0.3, -0.25) is 14.4 Å². The van der Waals surface area contributed by atoms with E-state index in [9.17, 15) is 34.5 Å². The van der Waals surface area contributed by atoms with Crippen LogP contribution in [0.4, 0.5) is 0 Å². The van der Waals surface area contributed by atoms with Crippen molar-refractivity contribution in [3.63, 3.8) is 0 Å². The zero-order valence-corrected chi connectivity index (χ0v) is 49.5. The third kappa shape index (κ3) is 43.4. The maximum Gasteiger partial charge on any atom is 0.335 e. The summed E-state index contributed by atoms with van der Waals surface area (Å²) in [4.78, 5) is 51.2. The van der Waals surface area contributed by atoms with Gasteiger partial charge < -0.3 is 39.0 Å². The Labute approximate surface area is 470 Å². The van der Waals surface area contributed by atoms with Crippen LogP contribution in [0.3, 0.4) is 0 Å². The first kappa shape index (κ1) is 72.0. The summed E-state index contributed by atoms with van der Waals surface area (Å²) in [6.45, 7) is 5.91. The van der Waals surface area contributed by atoms with Gasteiger partial charge in [0.15, 0.2) is 24.6 Å². The summed E-state index contributed by atoms with van der Waals surface area (Å²) in [5.74, 6) is -3.11. The van der Waals surface area contributed by atoms with Gasteiger partial charge in [-0.15, -0.1) is 0 Å². The average Bonchev–Trinajstić information content (AvgIpc) is 3.42. The van der Waals surface area contributed by atoms with Crippen molar-refractivity contribution in [3.8, 4) is 0 Å². The second-order valence-corrected chi connectivity index (χ2v) is 22.0. The molecule has 77 heavy (non-hydrogen) atoms. The number of ether oxygens (including phenoxy) is 5. The molecule has 0 aromatic carbocycles. The van der Waals surface area contributed by atoms with Crippen molar-refractivity contribution >= 4 is 23.9 Å². The minimum absolute atomic E-state index is 0.0653. The van der Waals surface area contributed by atoms with Crippen molar-refractivity contribution in [1.29, 1.82) is 0 Å². The molecule has 1 rings (SSSR count). The number of carbonyl (C=O) groups is 4. The fraction of sp³-hybridized carbons (Fsp3) is 0.846. The van der Waals surface area contributed by atoms with Crippen molar-refractivity contribution in [1.82, 2.24) is 0 Å². The van der Waals surface area contributed by atoms with Gasteiger partial charge in [0.25, 0.3) is 0 Å². The smallest absolute Gasteiger partial charge is 0.335 e. The van der Waals surface area contributed by atoms with Crippen LogP contribution in [0.1, 0.15) is 303 Å². The summed E-state index contributed by atoms with van der Waals surface area (Å²) in [5.41, 5.74) is 0. The first-order valence-corrected chi connectivity index (χ1v) is 32.0. The molecule has 6 atom stereocenters. The van der Waals surface area contributed by atoms with E-state index in [0.717, 1.165) is 89.9 Å². The highest BCUT2D eigenvalue weighted by Gasteiger charge is 2.50. The highest BCUT2D eigenvalue weighted by molar-refractivity contribution is 5.74. The first-order chi connectivity index (χ1) is 37.6. The Balaban J connectivity index is 2.63. The molecule has 0 spiro atoms. The van der Waals surface area contributed by atoms with Gasteiger partial charge in [0.1, 0.15) is 18.8 Å². The van der Waals surface area contributed by atoms with E-state index in [2.05, 4.69) is 57.2 Å². The standard InChI is InChI=1S/C65H116O12/c1-4-7-10-13-16-19-22-25-27-28-29-30-32-35-38-41-44-47-50-53-59(68)76-63-61(70)60(69)62(64(71)72)77-65(63)74-55-56(75-58(67)52-49-46-43-40-37-33-24-21-18-15-12-9-6-3)54-73-57(66)51-48-45-42-39-36-34-31-26-23-20-17-14-11-8-5-2/h8,11,17,20,26,31,56,60-63,65,69-70H,4-7,9-10,12-16,18-19,21-25,27-30,32-55H2,1-3H3,(H,71,72)/b11-8-,20-17-,31-26-. The number of allylic oxidation sites excluding steroid dienone is 6. The monoisotopic (exact) mass is 1090 g/mol. The minimum Gasteiger partial charge on any atom is -0.479 e. The van der Waals surface area contributed by atoms with Crippen molar-refractivity contribution < 1.29 is 58.2 Å². The van der Waals surface area contributed by atoms with Gasteiger partial charge in [-0.05, 0) is 51.4 Å². The summed E-state index contributed by atoms with van der Waals surface area (Å²) in [5, 5.41) is 31.6. The number of hydrogen-bond acceptors (Lipinski definition) is 11. The van der Waals surface area contributed by atoms with Crippen molar-refractivity contribution in [2.75, 3.05) is 13.2 Å². The van der Waals surface area contributed by atoms with Gasteiger partial charge in [-0.1, -0.05) is 269 Å². The Bertz CT molecular complexity index is 1480. The summed E-state index contributed by atoms with van der Waals surface area (Å²) in [6, 6.07) is 0. The molecule has 1 aliphatic rings. The lowest BCUT2D eigenvalue weighted by Gasteiger charge is -2.40. The molecule has 12 heteroatoms. The molecule has 1 fully saturated rings. The molecule has 448 valence electrons. The average molecular weight is 1090 g/mol. The largest absolute Gasteiger partial charge is 0.479 e. The first-order valence-electron chi connectivity index (χ1n) is 32.0. The van der Waals surface area contributed by atoms with E-state index in [1.54, 1.807) is 0 Å². The number of aliphatic hydroxyl groups is 2. The highest BCUT2D eigenvalue weighted by Crippen LogP contribution is 2.27. The molecule has 3 N–H and O–H groups in total. The fourth-order valence-corrected chi connectivity index (χ4v) is 9.86. The lowest BCUT2D eigenvalue weighted by atomic mass is 9.98. The second-order valence-electron chi connectivity index (χ2n) is 22.0. The van der Waals surface area contributed by atoms with E-state index in [1.807, 2.05) is 0 Å². The SMILES string of the molecule is CC/C=C\C/C=C\C/C=C\CCCCCCCC(=O)OCC(COC1OC(C(=O)O)C(O)C(O)C1OC(=O)CCCCCCCCCCCCCCCCCCCCC)OC(=O)CCCCCCCCCCCCCCC. The zero-order valence-electron chi connectivity index (χ0n) is 49.5. The highest BCUT2D eigenvalue weighted by atomic mass is 16.7. The Morgan fingerprint density at radius 3 is 1.25 bits per heavy atom. The normalized spacial score (nSPS) is 18.2. The van der Waals surface area contributed by atoms with Crippen LogP contribution in [-0.2, 0) is 42.9 Å². The molecule has 0 aliphatic carbocycles. The molecule has 0 radical (unpaired) electrons. The molecule has 1 heterocycles. The number of unbranched alkanes of at least 4 members (excludes halogenated alkanes) is 35. The number of aliphatic carboxylic acids is 1. The molecule has 0 saturated carbocycles. The topological polar surface area (TPSA) is 175 Å². The van der Waals surface area contributed by atoms with Gasteiger partial charge in [0.05, 0.1) is 6.61 Å². The minimum atomic E-state index is -1.90. The van der Waals surface area contributed by atoms with Gasteiger partial charge >= 0.3 is 23.9 Å². The van der Waals surface area contributed by atoms with Crippen molar-refractivity contribution in [3.05, 3.63) is 36.5 Å². The molecule has 0 amide bonds. The number of rotatable bonds is 55. The van der Waals surface area contributed by atoms with E-state index in [1.165, 1.54) is 154 Å². The number of carboxylic acids is 1. The van der Waals surface area contributed by atoms with E-state index < -0.39 is 67.3 Å². The molecule has 1 saturated heterocycles. The van der Waals surface area contributed by atoms with E-state index in [-0.39, 0.29) is 25.9 Å². The lowest BCUT2D eigenvalue weighted by molar-refractivity contribution is -0.301. The summed E-state index contributed by atoms with van der Waals surface area (Å²) in [6.07, 6.45) is 51.1. The van der Waals surface area contributed by atoms with E-state index in [0.29, 0.717) is 19.3 Å². The lowest BCUT2D eigenvalue weighted by Crippen LogP contribution is -2.61. The van der Waals surface area contributed by atoms with Crippen LogP contribution >= 0.6 is 0 Å². The van der Waals surface area contributed by atoms with E-state index >= 15 is 0 Å². The van der Waals surface area contributed by atoms with Crippen molar-refractivity contribution in [2.45, 2.75) is 340 Å². The van der Waals surface area contributed by atoms with Gasteiger partial charge in [-0.2, -0.15) is 0 Å². The van der Waals surface area contributed by atoms with Crippen LogP contribution < -0.4 is 0 Å². The molecule has 0 aromatic heterocycles. The molecular formula is C65H116O12. The molecule has 1 aliphatic heterocycles. The van der Waals surface area contributed by atoms with Crippen LogP contribution in [0.5, 0.6) is 0 Å². The number of carbonyl (C=O) groups excluding carboxylic acids is 3. The quantitative estimate of drug-likeness (QED) is 0.0228. The van der Waals surface area contributed by atoms with E-state index in [4.69, 9.17) is 23.7 Å². The maximum atomic E-state index is 13.2. The third-order valence-corrected chi connectivity index (χ3v) is 14.7. The number of aliphatic hydroxyl groups excluding tert-OH is 2. The molecule has 0 bridgehead atoms. The third-order valence-electron chi connectivity index (χ3n) is 14.7. The zero-order chi connectivity index (χ0) is 56.1. The summed E-state index contributed by atoms with van der Waals surface area (Å²) in [7, 11) is 0. The predicted molar refractivity (Wildman–Crippen MR) is 313 cm³/mol. The number of esters is 3. The van der Waals surface area contributed by atoms with Crippen LogP contribution in [0.15, 0.2) is 36.5 Å². The maximum absolute atomic E-state index is 13.2. The van der Waals surface area contributed by atoms with Gasteiger partial charge in [0.2, 0.25) is 0 Å². The Kier molecular flexibility index (Phi) is 50.1. The molecule has 6 unspecified atom stereocenters. The number of carboxylic acid groups (broad SMARTS) is 1. The fourth-order valence-electron chi connectivity index (χ4n) is 9.86. The van der Waals surface area contributed by atoms with Crippen LogP contribution in [0, 0.1) is 0 Å². The molecule has 12 nitrogen and oxygen atoms in total. The molecular weight excluding hydrogens is 973 g/mol. The molecule has 0 aromatic rings. The van der Waals surface area contributed by atoms with Crippen LogP contribution in [0.25, 0.3) is 0 Å². The Morgan fingerprint density at radius 2 is 0.818 bits per heavy atom. The second kappa shape index (κ2) is 53.6. The van der Waals surface area contributed by atoms with Gasteiger partial charge in [0, 0.05) is 19.3 Å². The van der Waals surface area contributed by atoms with Crippen LogP contribution in [0.2, 0.25) is 0 Å². The van der Waals surface area contributed by atoms with Crippen LogP contribution in [-0.4, -0.2) is 89.2 Å². The Hall–Kier alpha value is -3.06. The summed E-state index contributed by atoms with van der Waals surface area (Å²) < 4.78 is 28.5. The summed E-state index contributed by atoms with van der Waals surface area (Å²) >= 11 is 0. The Morgan fingerprint density at radius 1 is 0.442 bits per heavy atom. The van der Waals surface area contributed by atoms with Crippen molar-refractivity contribution in [2.24, 2.45) is 0 Å². The predicted octanol–water partition coefficient (Wildman–Crippen LogP) is 16.8.